The zero-order valence-corrected chi connectivity index (χ0v) is 14.5. The van der Waals surface area contributed by atoms with Gasteiger partial charge in [-0.2, -0.15) is 0 Å². The van der Waals surface area contributed by atoms with Crippen molar-refractivity contribution in [2.24, 2.45) is 0 Å². The van der Waals surface area contributed by atoms with Crippen LogP contribution in [0.1, 0.15) is 21.5 Å². The Kier molecular flexibility index (Phi) is 5.31. The molecule has 25 heavy (non-hydrogen) atoms. The molecule has 0 saturated carbocycles. The number of benzene rings is 2. The summed E-state index contributed by atoms with van der Waals surface area (Å²) in [5.74, 6) is -0.221. The number of aromatic nitrogens is 1. The molecule has 1 heterocycles. The first-order valence-electron chi connectivity index (χ1n) is 7.93. The van der Waals surface area contributed by atoms with Gasteiger partial charge in [-0.15, -0.1) is 0 Å². The van der Waals surface area contributed by atoms with E-state index in [0.29, 0.717) is 22.8 Å². The van der Waals surface area contributed by atoms with Crippen LogP contribution in [0.2, 0.25) is 5.02 Å². The third-order valence-electron chi connectivity index (χ3n) is 3.86. The second-order valence-electron chi connectivity index (χ2n) is 5.67. The minimum atomic E-state index is -0.221. The molecule has 126 valence electrons. The van der Waals surface area contributed by atoms with Gasteiger partial charge in [0, 0.05) is 29.6 Å². The van der Waals surface area contributed by atoms with Crippen LogP contribution < -0.4 is 10.6 Å². The largest absolute Gasteiger partial charge is 0.380 e. The lowest BCUT2D eigenvalue weighted by Gasteiger charge is -2.11. The van der Waals surface area contributed by atoms with Crippen molar-refractivity contribution < 1.29 is 4.79 Å². The molecule has 0 spiro atoms. The van der Waals surface area contributed by atoms with Crippen molar-refractivity contribution in [2.45, 2.75) is 13.5 Å². The van der Waals surface area contributed by atoms with Crippen LogP contribution in [0.4, 0.5) is 11.4 Å². The smallest absolute Gasteiger partial charge is 0.257 e. The highest BCUT2D eigenvalue weighted by Crippen LogP contribution is 2.23. The molecule has 0 aliphatic rings. The molecule has 2 aromatic carbocycles. The maximum atomic E-state index is 12.5. The topological polar surface area (TPSA) is 54.0 Å². The Bertz CT molecular complexity index is 881. The third-order valence-corrected chi connectivity index (χ3v) is 4.27. The molecular weight excluding hydrogens is 334 g/mol. The molecule has 0 radical (unpaired) electrons. The van der Waals surface area contributed by atoms with Gasteiger partial charge in [-0.25, -0.2) is 0 Å². The number of rotatable bonds is 5. The number of halogens is 1. The van der Waals surface area contributed by atoms with Gasteiger partial charge in [0.05, 0.1) is 11.3 Å². The zero-order valence-electron chi connectivity index (χ0n) is 13.8. The summed E-state index contributed by atoms with van der Waals surface area (Å²) in [5.41, 5.74) is 3.97. The lowest BCUT2D eigenvalue weighted by Crippen LogP contribution is -2.13. The van der Waals surface area contributed by atoms with Gasteiger partial charge >= 0.3 is 0 Å². The van der Waals surface area contributed by atoms with E-state index in [9.17, 15) is 4.79 Å². The van der Waals surface area contributed by atoms with E-state index in [1.54, 1.807) is 30.6 Å². The Morgan fingerprint density at radius 3 is 2.68 bits per heavy atom. The number of pyridine rings is 1. The number of carbonyl (C=O) groups is 1. The average molecular weight is 352 g/mol. The van der Waals surface area contributed by atoms with Crippen LogP contribution in [0, 0.1) is 6.92 Å². The van der Waals surface area contributed by atoms with Crippen molar-refractivity contribution >= 4 is 28.9 Å². The fraction of sp³-hybridized carbons (Fsp3) is 0.100. The van der Waals surface area contributed by atoms with Crippen molar-refractivity contribution in [1.82, 2.24) is 4.98 Å². The van der Waals surface area contributed by atoms with Gasteiger partial charge in [0.2, 0.25) is 0 Å². The first-order valence-corrected chi connectivity index (χ1v) is 8.30. The minimum absolute atomic E-state index is 0.221. The molecule has 3 rings (SSSR count). The van der Waals surface area contributed by atoms with Crippen LogP contribution >= 0.6 is 11.6 Å². The van der Waals surface area contributed by atoms with Crippen LogP contribution in [0.15, 0.2) is 67.0 Å². The predicted molar refractivity (Wildman–Crippen MR) is 102 cm³/mol. The van der Waals surface area contributed by atoms with Crippen molar-refractivity contribution in [2.75, 3.05) is 10.6 Å². The Morgan fingerprint density at radius 1 is 1.08 bits per heavy atom. The van der Waals surface area contributed by atoms with Gasteiger partial charge in [0.15, 0.2) is 0 Å². The first kappa shape index (κ1) is 17.0. The first-order chi connectivity index (χ1) is 12.1. The number of nitrogens with zero attached hydrogens (tertiary/aromatic N) is 1. The molecule has 1 aromatic heterocycles. The quantitative estimate of drug-likeness (QED) is 0.686. The monoisotopic (exact) mass is 351 g/mol. The molecule has 4 nitrogen and oxygen atoms in total. The predicted octanol–water partition coefficient (Wildman–Crippen LogP) is 4.91. The minimum Gasteiger partial charge on any atom is -0.380 e. The van der Waals surface area contributed by atoms with Crippen LogP contribution in [0.3, 0.4) is 0 Å². The molecule has 0 unspecified atom stereocenters. The molecule has 0 atom stereocenters. The Labute approximate surface area is 151 Å². The molecule has 2 N–H and O–H groups in total. The maximum absolute atomic E-state index is 12.5. The number of hydrogen-bond donors (Lipinski definition) is 2. The maximum Gasteiger partial charge on any atom is 0.257 e. The van der Waals surface area contributed by atoms with Gasteiger partial charge in [-0.3, -0.25) is 9.78 Å². The van der Waals surface area contributed by atoms with Crippen molar-refractivity contribution in [1.29, 1.82) is 0 Å². The normalized spacial score (nSPS) is 10.3. The van der Waals surface area contributed by atoms with E-state index < -0.39 is 0 Å². The summed E-state index contributed by atoms with van der Waals surface area (Å²) >= 11 is 6.09. The van der Waals surface area contributed by atoms with Gasteiger partial charge in [-0.05, 0) is 36.2 Å². The van der Waals surface area contributed by atoms with E-state index in [1.165, 1.54) is 0 Å². The number of carbonyl (C=O) groups excluding carboxylic acids is 1. The summed E-state index contributed by atoms with van der Waals surface area (Å²) in [7, 11) is 0. The van der Waals surface area contributed by atoms with Gasteiger partial charge in [0.1, 0.15) is 0 Å². The third kappa shape index (κ3) is 4.37. The summed E-state index contributed by atoms with van der Waals surface area (Å²) in [4.78, 5) is 16.6. The molecule has 0 saturated heterocycles. The highest BCUT2D eigenvalue weighted by Gasteiger charge is 2.10. The molecule has 0 fully saturated rings. The van der Waals surface area contributed by atoms with Crippen LogP contribution in [-0.4, -0.2) is 10.9 Å². The number of hydrogen-bond acceptors (Lipinski definition) is 3. The summed E-state index contributed by atoms with van der Waals surface area (Å²) in [5, 5.41) is 6.77. The Hall–Kier alpha value is -2.85. The summed E-state index contributed by atoms with van der Waals surface area (Å²) in [6.07, 6.45) is 3.24. The second-order valence-corrected chi connectivity index (χ2v) is 6.08. The van der Waals surface area contributed by atoms with E-state index in [2.05, 4.69) is 15.6 Å². The molecule has 3 aromatic rings. The molecule has 1 amide bonds. The fourth-order valence-electron chi connectivity index (χ4n) is 2.40. The van der Waals surface area contributed by atoms with Crippen molar-refractivity contribution in [3.8, 4) is 0 Å². The second kappa shape index (κ2) is 7.81. The lowest BCUT2D eigenvalue weighted by atomic mass is 10.2. The van der Waals surface area contributed by atoms with E-state index in [0.717, 1.165) is 16.8 Å². The molecule has 0 aliphatic heterocycles. The van der Waals surface area contributed by atoms with E-state index >= 15 is 0 Å². The average Bonchev–Trinajstić information content (AvgIpc) is 2.65. The van der Waals surface area contributed by atoms with Crippen molar-refractivity contribution in [3.63, 3.8) is 0 Å². The highest BCUT2D eigenvalue weighted by atomic mass is 35.5. The van der Waals surface area contributed by atoms with Gasteiger partial charge in [0.25, 0.3) is 5.91 Å². The Morgan fingerprint density at radius 2 is 1.88 bits per heavy atom. The summed E-state index contributed by atoms with van der Waals surface area (Å²) in [6, 6.07) is 17.3. The molecule has 0 aliphatic carbocycles. The van der Waals surface area contributed by atoms with E-state index in [-0.39, 0.29) is 5.91 Å². The zero-order chi connectivity index (χ0) is 17.6. The summed E-state index contributed by atoms with van der Waals surface area (Å²) in [6.45, 7) is 2.54. The van der Waals surface area contributed by atoms with Gasteiger partial charge in [-0.1, -0.05) is 48.0 Å². The Balaban J connectivity index is 1.70. The van der Waals surface area contributed by atoms with E-state index in [1.807, 2.05) is 43.3 Å². The molecular formula is C20H18ClN3O. The summed E-state index contributed by atoms with van der Waals surface area (Å²) < 4.78 is 0. The lowest BCUT2D eigenvalue weighted by molar-refractivity contribution is 0.102. The fourth-order valence-corrected chi connectivity index (χ4v) is 2.57. The standard InChI is InChI=1S/C20H18ClN3O/c1-14-18(21)8-5-9-19(14)24-20(25)16-10-17(13-22-12-16)23-11-15-6-3-2-4-7-15/h2-10,12-13,23H,11H2,1H3,(H,24,25). The van der Waals surface area contributed by atoms with Crippen LogP contribution in [0.25, 0.3) is 0 Å². The number of anilines is 2. The van der Waals surface area contributed by atoms with Crippen molar-refractivity contribution in [3.05, 3.63) is 88.7 Å². The number of amides is 1. The van der Waals surface area contributed by atoms with Crippen LogP contribution in [0.5, 0.6) is 0 Å². The number of nitrogens with one attached hydrogen (secondary N) is 2. The molecule has 5 heteroatoms. The van der Waals surface area contributed by atoms with Crippen LogP contribution in [-0.2, 0) is 6.54 Å². The van der Waals surface area contributed by atoms with E-state index in [4.69, 9.17) is 11.6 Å². The molecule has 0 bridgehead atoms. The van der Waals surface area contributed by atoms with Gasteiger partial charge < -0.3 is 10.6 Å². The SMILES string of the molecule is Cc1c(Cl)cccc1NC(=O)c1cncc(NCc2ccccc2)c1. The highest BCUT2D eigenvalue weighted by molar-refractivity contribution is 6.31.